The smallest absolute Gasteiger partial charge is 0.230 e. The van der Waals surface area contributed by atoms with Crippen LogP contribution in [0, 0.1) is 5.41 Å². The lowest BCUT2D eigenvalue weighted by molar-refractivity contribution is -0.124. The van der Waals surface area contributed by atoms with E-state index < -0.39 is 11.5 Å². The molecule has 0 spiro atoms. The maximum absolute atomic E-state index is 12.0. The normalized spacial score (nSPS) is 13.2. The molecule has 0 saturated carbocycles. The lowest BCUT2D eigenvalue weighted by Gasteiger charge is -2.23. The van der Waals surface area contributed by atoms with Crippen molar-refractivity contribution in [2.45, 2.75) is 40.2 Å². The Morgan fingerprint density at radius 1 is 1.41 bits per heavy atom. The molecule has 0 saturated heterocycles. The monoisotopic (exact) mass is 235 g/mol. The summed E-state index contributed by atoms with van der Waals surface area (Å²) < 4.78 is 0. The van der Waals surface area contributed by atoms with E-state index in [1.807, 2.05) is 45.0 Å². The summed E-state index contributed by atoms with van der Waals surface area (Å²) in [7, 11) is 0. The number of aliphatic hydroxyl groups excluding tert-OH is 1. The van der Waals surface area contributed by atoms with Gasteiger partial charge in [0.1, 0.15) is 0 Å². The van der Waals surface area contributed by atoms with Crippen molar-refractivity contribution >= 4 is 11.6 Å². The van der Waals surface area contributed by atoms with Gasteiger partial charge in [-0.1, -0.05) is 39.0 Å². The van der Waals surface area contributed by atoms with Gasteiger partial charge in [-0.3, -0.25) is 4.79 Å². The zero-order valence-corrected chi connectivity index (χ0v) is 10.9. The molecule has 0 aliphatic heterocycles. The van der Waals surface area contributed by atoms with Crippen LogP contribution in [0.5, 0.6) is 0 Å². The number of para-hydroxylation sites is 1. The van der Waals surface area contributed by atoms with Crippen LogP contribution in [-0.4, -0.2) is 11.0 Å². The maximum Gasteiger partial charge on any atom is 0.230 e. The number of carbonyl (C=O) groups is 1. The fourth-order valence-electron chi connectivity index (χ4n) is 1.43. The van der Waals surface area contributed by atoms with E-state index in [1.54, 1.807) is 6.92 Å². The number of amides is 1. The summed E-state index contributed by atoms with van der Waals surface area (Å²) in [5, 5.41) is 12.5. The molecule has 0 aromatic heterocycles. The summed E-state index contributed by atoms with van der Waals surface area (Å²) in [6.07, 6.45) is 0.187. The predicted molar refractivity (Wildman–Crippen MR) is 69.8 cm³/mol. The Kier molecular flexibility index (Phi) is 4.29. The first kappa shape index (κ1) is 13.7. The summed E-state index contributed by atoms with van der Waals surface area (Å²) in [5.74, 6) is -0.0203. The number of aliphatic hydroxyl groups is 1. The van der Waals surface area contributed by atoms with Gasteiger partial charge in [0.05, 0.1) is 6.10 Å². The predicted octanol–water partition coefficient (Wildman–Crippen LogP) is 3.11. The van der Waals surface area contributed by atoms with Crippen LogP contribution in [0.1, 0.15) is 45.8 Å². The number of carbonyl (C=O) groups excluding carboxylic acids is 1. The average molecular weight is 235 g/mol. The summed E-state index contributed by atoms with van der Waals surface area (Å²) in [5.41, 5.74) is 1.04. The second kappa shape index (κ2) is 5.32. The molecule has 1 aromatic carbocycles. The third kappa shape index (κ3) is 3.30. The quantitative estimate of drug-likeness (QED) is 0.842. The van der Waals surface area contributed by atoms with Crippen LogP contribution in [0.2, 0.25) is 0 Å². The van der Waals surface area contributed by atoms with Crippen molar-refractivity contribution < 1.29 is 9.90 Å². The highest BCUT2D eigenvalue weighted by Gasteiger charge is 2.25. The molecule has 3 heteroatoms. The van der Waals surface area contributed by atoms with Crippen LogP contribution in [0.15, 0.2) is 24.3 Å². The standard InChI is InChI=1S/C14H21NO2/c1-5-14(3,4)13(17)15-12-9-7-6-8-11(12)10(2)16/h6-10,16H,5H2,1-4H3,(H,15,17). The number of hydrogen-bond acceptors (Lipinski definition) is 2. The highest BCUT2D eigenvalue weighted by Crippen LogP contribution is 2.26. The van der Waals surface area contributed by atoms with Crippen LogP contribution in [-0.2, 0) is 4.79 Å². The average Bonchev–Trinajstić information content (AvgIpc) is 2.29. The van der Waals surface area contributed by atoms with E-state index in [4.69, 9.17) is 0 Å². The Balaban J connectivity index is 2.93. The van der Waals surface area contributed by atoms with Crippen molar-refractivity contribution in [3.63, 3.8) is 0 Å². The lowest BCUT2D eigenvalue weighted by atomic mass is 9.89. The fourth-order valence-corrected chi connectivity index (χ4v) is 1.43. The Bertz CT molecular complexity index is 397. The van der Waals surface area contributed by atoms with E-state index in [1.165, 1.54) is 0 Å². The van der Waals surface area contributed by atoms with Gasteiger partial charge in [-0.15, -0.1) is 0 Å². The third-order valence-corrected chi connectivity index (χ3v) is 3.16. The first-order chi connectivity index (χ1) is 7.88. The Morgan fingerprint density at radius 2 is 2.00 bits per heavy atom. The molecule has 0 fully saturated rings. The van der Waals surface area contributed by atoms with Crippen molar-refractivity contribution in [2.75, 3.05) is 5.32 Å². The second-order valence-corrected chi connectivity index (χ2v) is 4.95. The van der Waals surface area contributed by atoms with Gasteiger partial charge in [-0.2, -0.15) is 0 Å². The number of nitrogens with one attached hydrogen (secondary N) is 1. The van der Waals surface area contributed by atoms with E-state index in [0.717, 1.165) is 12.0 Å². The Morgan fingerprint density at radius 3 is 2.53 bits per heavy atom. The molecular formula is C14H21NO2. The molecule has 0 aliphatic rings. The van der Waals surface area contributed by atoms with Crippen molar-refractivity contribution in [1.82, 2.24) is 0 Å². The Hall–Kier alpha value is -1.35. The number of hydrogen-bond donors (Lipinski definition) is 2. The fraction of sp³-hybridized carbons (Fsp3) is 0.500. The molecule has 0 bridgehead atoms. The molecule has 0 aliphatic carbocycles. The van der Waals surface area contributed by atoms with Gasteiger partial charge < -0.3 is 10.4 Å². The molecule has 1 atom stereocenters. The van der Waals surface area contributed by atoms with Gasteiger partial charge in [-0.25, -0.2) is 0 Å². The van der Waals surface area contributed by atoms with Gasteiger partial charge in [-0.05, 0) is 19.4 Å². The zero-order valence-electron chi connectivity index (χ0n) is 10.9. The molecule has 0 radical (unpaired) electrons. The molecular weight excluding hydrogens is 214 g/mol. The number of benzene rings is 1. The van der Waals surface area contributed by atoms with Crippen LogP contribution < -0.4 is 5.32 Å². The van der Waals surface area contributed by atoms with Crippen molar-refractivity contribution in [1.29, 1.82) is 0 Å². The van der Waals surface area contributed by atoms with Crippen LogP contribution in [0.4, 0.5) is 5.69 Å². The van der Waals surface area contributed by atoms with Gasteiger partial charge >= 0.3 is 0 Å². The third-order valence-electron chi connectivity index (χ3n) is 3.16. The van der Waals surface area contributed by atoms with E-state index in [2.05, 4.69) is 5.32 Å². The molecule has 0 heterocycles. The van der Waals surface area contributed by atoms with Gasteiger partial charge in [0.2, 0.25) is 5.91 Å². The first-order valence-corrected chi connectivity index (χ1v) is 5.97. The van der Waals surface area contributed by atoms with Crippen molar-refractivity contribution in [3.8, 4) is 0 Å². The molecule has 1 aromatic rings. The minimum Gasteiger partial charge on any atom is -0.389 e. The number of rotatable bonds is 4. The van der Waals surface area contributed by atoms with Crippen LogP contribution in [0.25, 0.3) is 0 Å². The number of anilines is 1. The second-order valence-electron chi connectivity index (χ2n) is 4.95. The molecule has 1 rings (SSSR count). The zero-order chi connectivity index (χ0) is 13.1. The molecule has 17 heavy (non-hydrogen) atoms. The topological polar surface area (TPSA) is 49.3 Å². The summed E-state index contributed by atoms with van der Waals surface area (Å²) in [6.45, 7) is 7.50. The van der Waals surface area contributed by atoms with Crippen LogP contribution in [0.3, 0.4) is 0 Å². The van der Waals surface area contributed by atoms with Crippen molar-refractivity contribution in [3.05, 3.63) is 29.8 Å². The Labute approximate surface area is 103 Å². The largest absolute Gasteiger partial charge is 0.389 e. The molecule has 3 nitrogen and oxygen atoms in total. The highest BCUT2D eigenvalue weighted by atomic mass is 16.3. The summed E-state index contributed by atoms with van der Waals surface area (Å²) in [4.78, 5) is 12.0. The van der Waals surface area contributed by atoms with Crippen molar-refractivity contribution in [2.24, 2.45) is 5.41 Å². The molecule has 1 unspecified atom stereocenters. The molecule has 1 amide bonds. The highest BCUT2D eigenvalue weighted by molar-refractivity contribution is 5.95. The minimum atomic E-state index is -0.587. The minimum absolute atomic E-state index is 0.0203. The maximum atomic E-state index is 12.0. The van der Waals surface area contributed by atoms with E-state index >= 15 is 0 Å². The van der Waals surface area contributed by atoms with Crippen LogP contribution >= 0.6 is 0 Å². The summed E-state index contributed by atoms with van der Waals surface area (Å²) in [6, 6.07) is 7.33. The lowest BCUT2D eigenvalue weighted by Crippen LogP contribution is -2.30. The summed E-state index contributed by atoms with van der Waals surface area (Å²) >= 11 is 0. The van der Waals surface area contributed by atoms with Gasteiger partial charge in [0.15, 0.2) is 0 Å². The molecule has 94 valence electrons. The van der Waals surface area contributed by atoms with Gasteiger partial charge in [0, 0.05) is 16.7 Å². The van der Waals surface area contributed by atoms with Gasteiger partial charge in [0.25, 0.3) is 0 Å². The first-order valence-electron chi connectivity index (χ1n) is 5.97. The van der Waals surface area contributed by atoms with E-state index in [9.17, 15) is 9.90 Å². The van der Waals surface area contributed by atoms with E-state index in [0.29, 0.717) is 5.69 Å². The molecule has 2 N–H and O–H groups in total. The van der Waals surface area contributed by atoms with E-state index in [-0.39, 0.29) is 5.91 Å². The SMILES string of the molecule is CCC(C)(C)C(=O)Nc1ccccc1C(C)O.